The van der Waals surface area contributed by atoms with E-state index < -0.39 is 0 Å². The van der Waals surface area contributed by atoms with Crippen molar-refractivity contribution in [3.63, 3.8) is 0 Å². The molecule has 34 heavy (non-hydrogen) atoms. The minimum Gasteiger partial charge on any atom is -0.339 e. The van der Waals surface area contributed by atoms with Crippen molar-refractivity contribution < 1.29 is 9.59 Å². The van der Waals surface area contributed by atoms with Crippen LogP contribution in [0.15, 0.2) is 54.6 Å². The Morgan fingerprint density at radius 3 is 2.38 bits per heavy atom. The van der Waals surface area contributed by atoms with Crippen LogP contribution in [0.1, 0.15) is 40.3 Å². The van der Waals surface area contributed by atoms with E-state index in [-0.39, 0.29) is 16.8 Å². The Bertz CT molecular complexity index is 1380. The van der Waals surface area contributed by atoms with Gasteiger partial charge in [0.2, 0.25) is 0 Å². The first-order chi connectivity index (χ1) is 16.3. The molecule has 1 N–H and O–H groups in total. The molecule has 0 radical (unpaired) electrons. The van der Waals surface area contributed by atoms with E-state index in [1.807, 2.05) is 58.2 Å². The van der Waals surface area contributed by atoms with Gasteiger partial charge in [-0.25, -0.2) is 4.98 Å². The molecule has 0 aliphatic carbocycles. The zero-order valence-electron chi connectivity index (χ0n) is 19.6. The number of aryl methyl sites for hydroxylation is 2. The van der Waals surface area contributed by atoms with Gasteiger partial charge in [0.05, 0.1) is 32.9 Å². The van der Waals surface area contributed by atoms with Crippen molar-refractivity contribution in [2.75, 3.05) is 18.4 Å². The molecule has 4 rings (SSSR count). The van der Waals surface area contributed by atoms with Crippen LogP contribution in [0.25, 0.3) is 22.3 Å². The van der Waals surface area contributed by atoms with Gasteiger partial charge in [-0.2, -0.15) is 5.10 Å². The third-order valence-electron chi connectivity index (χ3n) is 5.79. The summed E-state index contributed by atoms with van der Waals surface area (Å²) in [4.78, 5) is 32.5. The quantitative estimate of drug-likeness (QED) is 0.408. The lowest BCUT2D eigenvalue weighted by Gasteiger charge is -2.19. The summed E-state index contributed by atoms with van der Waals surface area (Å²) in [7, 11) is 1.81. The van der Waals surface area contributed by atoms with E-state index in [1.54, 1.807) is 33.8 Å². The average molecular weight is 476 g/mol. The van der Waals surface area contributed by atoms with Crippen LogP contribution in [0.5, 0.6) is 0 Å². The molecule has 0 unspecified atom stereocenters. The number of aromatic nitrogens is 3. The number of fused-ring (bicyclic) bond motifs is 1. The summed E-state index contributed by atoms with van der Waals surface area (Å²) in [6.45, 7) is 6.88. The number of rotatable bonds is 6. The zero-order valence-corrected chi connectivity index (χ0v) is 20.3. The molecule has 0 atom stereocenters. The summed E-state index contributed by atoms with van der Waals surface area (Å²) >= 11 is 6.42. The number of carbonyl (C=O) groups is 2. The van der Waals surface area contributed by atoms with E-state index in [0.29, 0.717) is 52.3 Å². The van der Waals surface area contributed by atoms with E-state index in [2.05, 4.69) is 10.4 Å². The standard InChI is InChI=1S/C26H26ClN5O2/c1-5-32(6-2)26(34)19-13-12-18(14-21(19)27)28-25(33)20-15-22(17-10-8-7-9-11-17)29-24-23(20)16(3)30-31(24)4/h7-15H,5-6H2,1-4H3,(H,28,33). The second-order valence-corrected chi connectivity index (χ2v) is 8.36. The van der Waals surface area contributed by atoms with Gasteiger partial charge < -0.3 is 10.2 Å². The topological polar surface area (TPSA) is 80.1 Å². The number of amides is 2. The normalized spacial score (nSPS) is 11.0. The van der Waals surface area contributed by atoms with Crippen LogP contribution < -0.4 is 5.32 Å². The highest BCUT2D eigenvalue weighted by molar-refractivity contribution is 6.34. The Labute approximate surface area is 203 Å². The smallest absolute Gasteiger partial charge is 0.256 e. The SMILES string of the molecule is CCN(CC)C(=O)c1ccc(NC(=O)c2cc(-c3ccccc3)nc3c2c(C)nn3C)cc1Cl. The third-order valence-corrected chi connectivity index (χ3v) is 6.10. The highest BCUT2D eigenvalue weighted by Crippen LogP contribution is 2.28. The monoisotopic (exact) mass is 475 g/mol. The predicted octanol–water partition coefficient (Wildman–Crippen LogP) is 5.33. The van der Waals surface area contributed by atoms with Gasteiger partial charge in [0.25, 0.3) is 11.8 Å². The molecule has 2 heterocycles. The lowest BCUT2D eigenvalue weighted by molar-refractivity contribution is 0.0773. The fourth-order valence-corrected chi connectivity index (χ4v) is 4.29. The molecule has 0 aliphatic heterocycles. The van der Waals surface area contributed by atoms with Crippen LogP contribution in [-0.4, -0.2) is 44.6 Å². The summed E-state index contributed by atoms with van der Waals surface area (Å²) in [5.41, 5.74) is 4.30. The van der Waals surface area contributed by atoms with Crippen molar-refractivity contribution >= 4 is 40.1 Å². The van der Waals surface area contributed by atoms with Crippen LogP contribution in [0.3, 0.4) is 0 Å². The number of hydrogen-bond acceptors (Lipinski definition) is 4. The molecule has 2 amide bonds. The molecule has 2 aromatic carbocycles. The van der Waals surface area contributed by atoms with Crippen molar-refractivity contribution in [3.8, 4) is 11.3 Å². The number of anilines is 1. The Hall–Kier alpha value is -3.71. The van der Waals surface area contributed by atoms with Gasteiger partial charge in [-0.1, -0.05) is 41.9 Å². The number of carbonyl (C=O) groups excluding carboxylic acids is 2. The first kappa shape index (κ1) is 23.4. The maximum absolute atomic E-state index is 13.4. The van der Waals surface area contributed by atoms with Crippen LogP contribution in [-0.2, 0) is 7.05 Å². The summed E-state index contributed by atoms with van der Waals surface area (Å²) in [5, 5.41) is 8.36. The van der Waals surface area contributed by atoms with Gasteiger partial charge in [0.15, 0.2) is 5.65 Å². The summed E-state index contributed by atoms with van der Waals surface area (Å²) in [5.74, 6) is -0.443. The van der Waals surface area contributed by atoms with Crippen molar-refractivity contribution in [2.24, 2.45) is 7.05 Å². The molecular weight excluding hydrogens is 450 g/mol. The number of pyridine rings is 1. The number of benzene rings is 2. The largest absolute Gasteiger partial charge is 0.339 e. The minimum atomic E-state index is -0.306. The number of nitrogens with one attached hydrogen (secondary N) is 1. The molecular formula is C26H26ClN5O2. The van der Waals surface area contributed by atoms with Crippen LogP contribution in [0.2, 0.25) is 5.02 Å². The van der Waals surface area contributed by atoms with Crippen molar-refractivity contribution in [1.29, 1.82) is 0 Å². The highest BCUT2D eigenvalue weighted by atomic mass is 35.5. The molecule has 8 heteroatoms. The Morgan fingerprint density at radius 2 is 1.74 bits per heavy atom. The second kappa shape index (κ2) is 9.65. The molecule has 7 nitrogen and oxygen atoms in total. The van der Waals surface area contributed by atoms with E-state index in [9.17, 15) is 9.59 Å². The average Bonchev–Trinajstić information content (AvgIpc) is 3.13. The molecule has 174 valence electrons. The van der Waals surface area contributed by atoms with E-state index >= 15 is 0 Å². The Morgan fingerprint density at radius 1 is 1.03 bits per heavy atom. The highest BCUT2D eigenvalue weighted by Gasteiger charge is 2.21. The second-order valence-electron chi connectivity index (χ2n) is 7.95. The predicted molar refractivity (Wildman–Crippen MR) is 135 cm³/mol. The van der Waals surface area contributed by atoms with E-state index in [1.165, 1.54) is 0 Å². The fourth-order valence-electron chi connectivity index (χ4n) is 4.03. The number of nitrogens with zero attached hydrogens (tertiary/aromatic N) is 4. The molecule has 0 aliphatic rings. The summed E-state index contributed by atoms with van der Waals surface area (Å²) in [6.07, 6.45) is 0. The van der Waals surface area contributed by atoms with Crippen LogP contribution in [0, 0.1) is 6.92 Å². The molecule has 0 spiro atoms. The molecule has 0 saturated heterocycles. The minimum absolute atomic E-state index is 0.137. The van der Waals surface area contributed by atoms with Crippen molar-refractivity contribution in [3.05, 3.63) is 76.4 Å². The third kappa shape index (κ3) is 4.39. The lowest BCUT2D eigenvalue weighted by Crippen LogP contribution is -2.30. The molecule has 0 saturated carbocycles. The number of hydrogen-bond donors (Lipinski definition) is 1. The zero-order chi connectivity index (χ0) is 24.4. The van der Waals surface area contributed by atoms with Gasteiger partial charge in [0.1, 0.15) is 0 Å². The van der Waals surface area contributed by atoms with Crippen LogP contribution >= 0.6 is 11.6 Å². The summed E-state index contributed by atoms with van der Waals surface area (Å²) in [6, 6.07) is 16.4. The Kier molecular flexibility index (Phi) is 6.65. The van der Waals surface area contributed by atoms with Gasteiger partial charge >= 0.3 is 0 Å². The Balaban J connectivity index is 1.71. The van der Waals surface area contributed by atoms with Gasteiger partial charge in [-0.15, -0.1) is 0 Å². The van der Waals surface area contributed by atoms with Crippen LogP contribution in [0.4, 0.5) is 5.69 Å². The maximum Gasteiger partial charge on any atom is 0.256 e. The molecule has 0 fully saturated rings. The fraction of sp³-hybridized carbons (Fsp3) is 0.231. The van der Waals surface area contributed by atoms with Gasteiger partial charge in [-0.3, -0.25) is 14.3 Å². The number of halogens is 1. The maximum atomic E-state index is 13.4. The first-order valence-electron chi connectivity index (χ1n) is 11.1. The van der Waals surface area contributed by atoms with E-state index in [0.717, 1.165) is 5.56 Å². The van der Waals surface area contributed by atoms with Crippen molar-refractivity contribution in [2.45, 2.75) is 20.8 Å². The van der Waals surface area contributed by atoms with Gasteiger partial charge in [0, 0.05) is 31.4 Å². The van der Waals surface area contributed by atoms with E-state index in [4.69, 9.17) is 16.6 Å². The van der Waals surface area contributed by atoms with Gasteiger partial charge in [-0.05, 0) is 45.0 Å². The molecule has 4 aromatic rings. The lowest BCUT2D eigenvalue weighted by atomic mass is 10.0. The molecule has 2 aromatic heterocycles. The molecule has 0 bridgehead atoms. The van der Waals surface area contributed by atoms with Crippen molar-refractivity contribution in [1.82, 2.24) is 19.7 Å². The summed E-state index contributed by atoms with van der Waals surface area (Å²) < 4.78 is 1.68. The first-order valence-corrected chi connectivity index (χ1v) is 11.5.